The Balaban J connectivity index is 1.59. The van der Waals surface area contributed by atoms with E-state index >= 15 is 0 Å². The maximum absolute atomic E-state index is 14.3. The first-order chi connectivity index (χ1) is 22.3. The van der Waals surface area contributed by atoms with Crippen LogP contribution in [0.2, 0.25) is 0 Å². The number of benzene rings is 3. The van der Waals surface area contributed by atoms with E-state index in [1.54, 1.807) is 0 Å². The number of hydrogen-bond acceptors (Lipinski definition) is 11. The fourth-order valence-electron chi connectivity index (χ4n) is 5.55. The van der Waals surface area contributed by atoms with Crippen molar-refractivity contribution < 1.29 is 42.1 Å². The quantitative estimate of drug-likeness (QED) is 0.172. The molecule has 3 unspecified atom stereocenters. The van der Waals surface area contributed by atoms with Crippen LogP contribution in [0, 0.1) is 18.6 Å². The molecule has 11 nitrogen and oxygen atoms in total. The largest absolute Gasteiger partial charge is 0.463 e. The number of rotatable bonds is 9. The second-order valence-electron chi connectivity index (χ2n) is 11.3. The summed E-state index contributed by atoms with van der Waals surface area (Å²) in [5, 5.41) is 10.4. The molecule has 0 aliphatic carbocycles. The number of anilines is 1. The van der Waals surface area contributed by atoms with Gasteiger partial charge >= 0.3 is 17.9 Å². The van der Waals surface area contributed by atoms with Gasteiger partial charge in [0.2, 0.25) is 0 Å². The Hall–Kier alpha value is -4.56. The van der Waals surface area contributed by atoms with Crippen LogP contribution in [-0.2, 0) is 33.3 Å². The van der Waals surface area contributed by atoms with Gasteiger partial charge in [0.25, 0.3) is 0 Å². The summed E-state index contributed by atoms with van der Waals surface area (Å²) in [6.45, 7) is 4.81. The van der Waals surface area contributed by atoms with Crippen LogP contribution in [0.4, 0.5) is 14.5 Å². The summed E-state index contributed by atoms with van der Waals surface area (Å²) in [6.07, 6.45) is -1.84. The van der Waals surface area contributed by atoms with Crippen LogP contribution in [0.25, 0.3) is 22.0 Å². The molecule has 1 saturated heterocycles. The fourth-order valence-corrected chi connectivity index (χ4v) is 6.71. The van der Waals surface area contributed by atoms with Gasteiger partial charge in [-0.05, 0) is 48.2 Å². The second kappa shape index (κ2) is 14.1. The molecule has 0 radical (unpaired) electrons. The second-order valence-corrected chi connectivity index (χ2v) is 12.5. The van der Waals surface area contributed by atoms with Crippen molar-refractivity contribution in [1.82, 2.24) is 15.0 Å². The van der Waals surface area contributed by atoms with E-state index in [2.05, 4.69) is 10.3 Å². The molecule has 0 N–H and O–H groups in total. The third-order valence-electron chi connectivity index (χ3n) is 7.56. The Labute approximate surface area is 274 Å². The van der Waals surface area contributed by atoms with Gasteiger partial charge in [0.05, 0.1) is 6.20 Å². The van der Waals surface area contributed by atoms with E-state index in [4.69, 9.17) is 18.9 Å². The van der Waals surface area contributed by atoms with E-state index in [1.165, 1.54) is 56.4 Å². The first kappa shape index (κ1) is 33.8. The molecule has 5 atom stereocenters. The summed E-state index contributed by atoms with van der Waals surface area (Å²) in [5.74, 6) is -3.93. The van der Waals surface area contributed by atoms with Crippen molar-refractivity contribution >= 4 is 46.1 Å². The first-order valence-corrected chi connectivity index (χ1v) is 15.6. The number of aromatic nitrogens is 3. The van der Waals surface area contributed by atoms with E-state index in [0.29, 0.717) is 0 Å². The van der Waals surface area contributed by atoms with Crippen molar-refractivity contribution in [3.8, 4) is 11.3 Å². The molecule has 1 fully saturated rings. The SMILES string of the molecule is CC(=O)OCC1O[C@H](Sc2ccc3c(N(C)C)cccc3c2)C(OC(C)=O)C(n2cc(-c3cc(C)c(F)c(F)c3)nn2)[C@H]1OC(C)=O. The Kier molecular flexibility index (Phi) is 10.1. The van der Waals surface area contributed by atoms with Gasteiger partial charge in [0.1, 0.15) is 29.9 Å². The summed E-state index contributed by atoms with van der Waals surface area (Å²) in [5.41, 5.74) is 0.637. The monoisotopic (exact) mass is 668 g/mol. The number of carbonyl (C=O) groups is 3. The minimum absolute atomic E-state index is 0.0715. The molecule has 248 valence electrons. The summed E-state index contributed by atoms with van der Waals surface area (Å²) < 4.78 is 52.9. The Morgan fingerprint density at radius 1 is 0.979 bits per heavy atom. The summed E-state index contributed by atoms with van der Waals surface area (Å²) >= 11 is 1.26. The van der Waals surface area contributed by atoms with E-state index in [-0.39, 0.29) is 23.4 Å². The summed E-state index contributed by atoms with van der Waals surface area (Å²) in [6, 6.07) is 13.2. The van der Waals surface area contributed by atoms with Gasteiger partial charge in [-0.15, -0.1) is 5.10 Å². The van der Waals surface area contributed by atoms with Crippen molar-refractivity contribution in [1.29, 1.82) is 0 Å². The van der Waals surface area contributed by atoms with Crippen LogP contribution in [0.3, 0.4) is 0 Å². The molecule has 0 bridgehead atoms. The zero-order valence-electron chi connectivity index (χ0n) is 26.6. The van der Waals surface area contributed by atoms with Crippen LogP contribution in [0.1, 0.15) is 32.4 Å². The minimum Gasteiger partial charge on any atom is -0.463 e. The molecule has 1 aromatic heterocycles. The number of nitrogens with zero attached hydrogens (tertiary/aromatic N) is 4. The predicted molar refractivity (Wildman–Crippen MR) is 170 cm³/mol. The molecular formula is C33H34F2N4O7S. The predicted octanol–water partition coefficient (Wildman–Crippen LogP) is 5.24. The van der Waals surface area contributed by atoms with E-state index in [9.17, 15) is 23.2 Å². The van der Waals surface area contributed by atoms with Crippen molar-refractivity contribution in [2.75, 3.05) is 25.6 Å². The van der Waals surface area contributed by atoms with Crippen LogP contribution >= 0.6 is 11.8 Å². The van der Waals surface area contributed by atoms with Crippen LogP contribution < -0.4 is 4.90 Å². The van der Waals surface area contributed by atoms with Gasteiger partial charge in [-0.1, -0.05) is 35.2 Å². The fraction of sp³-hybridized carbons (Fsp3) is 0.364. The number of ether oxygens (including phenoxy) is 4. The average molecular weight is 669 g/mol. The van der Waals surface area contributed by atoms with Gasteiger partial charge < -0.3 is 23.8 Å². The van der Waals surface area contributed by atoms with E-state index in [1.807, 2.05) is 55.4 Å². The van der Waals surface area contributed by atoms with Crippen LogP contribution in [-0.4, -0.2) is 77.4 Å². The summed E-state index contributed by atoms with van der Waals surface area (Å²) in [7, 11) is 3.92. The average Bonchev–Trinajstić information content (AvgIpc) is 3.49. The smallest absolute Gasteiger partial charge is 0.303 e. The third-order valence-corrected chi connectivity index (χ3v) is 8.69. The van der Waals surface area contributed by atoms with Crippen LogP contribution in [0.15, 0.2) is 59.6 Å². The normalized spacial score (nSPS) is 20.9. The number of esters is 3. The van der Waals surface area contributed by atoms with Gasteiger partial charge in [-0.3, -0.25) is 14.4 Å². The highest BCUT2D eigenvalue weighted by atomic mass is 32.2. The molecule has 3 aromatic carbocycles. The van der Waals surface area contributed by atoms with Gasteiger partial charge in [0, 0.05) is 56.4 Å². The van der Waals surface area contributed by atoms with E-state index < -0.39 is 59.3 Å². The minimum atomic E-state index is -1.17. The molecule has 0 spiro atoms. The molecule has 0 amide bonds. The number of thioether (sulfide) groups is 1. The molecule has 4 aromatic rings. The Bertz CT molecular complexity index is 1790. The molecule has 1 aliphatic rings. The summed E-state index contributed by atoms with van der Waals surface area (Å²) in [4.78, 5) is 39.6. The molecule has 1 aliphatic heterocycles. The Morgan fingerprint density at radius 3 is 2.36 bits per heavy atom. The zero-order chi connectivity index (χ0) is 34.0. The Morgan fingerprint density at radius 2 is 1.70 bits per heavy atom. The number of halogens is 2. The first-order valence-electron chi connectivity index (χ1n) is 14.7. The number of hydrogen-bond donors (Lipinski definition) is 0. The molecule has 2 heterocycles. The maximum Gasteiger partial charge on any atom is 0.303 e. The number of aryl methyl sites for hydroxylation is 1. The molecule has 47 heavy (non-hydrogen) atoms. The lowest BCUT2D eigenvalue weighted by Gasteiger charge is -2.44. The number of carbonyl (C=O) groups excluding carboxylic acids is 3. The molecule has 5 rings (SSSR count). The van der Waals surface area contributed by atoms with Crippen molar-refractivity contribution in [3.05, 3.63) is 71.9 Å². The van der Waals surface area contributed by atoms with Gasteiger partial charge in [-0.2, -0.15) is 0 Å². The lowest BCUT2D eigenvalue weighted by molar-refractivity contribution is -0.212. The van der Waals surface area contributed by atoms with Gasteiger partial charge in [-0.25, -0.2) is 13.5 Å². The topological polar surface area (TPSA) is 122 Å². The lowest BCUT2D eigenvalue weighted by Crippen LogP contribution is -2.57. The molecule has 14 heteroatoms. The third kappa shape index (κ3) is 7.54. The lowest BCUT2D eigenvalue weighted by atomic mass is 9.96. The van der Waals surface area contributed by atoms with Crippen molar-refractivity contribution in [2.45, 2.75) is 62.4 Å². The van der Waals surface area contributed by atoms with Crippen LogP contribution in [0.5, 0.6) is 0 Å². The maximum atomic E-state index is 14.3. The van der Waals surface area contributed by atoms with Crippen molar-refractivity contribution in [3.63, 3.8) is 0 Å². The number of fused-ring (bicyclic) bond motifs is 1. The highest BCUT2D eigenvalue weighted by Gasteiger charge is 2.52. The van der Waals surface area contributed by atoms with E-state index in [0.717, 1.165) is 27.4 Å². The zero-order valence-corrected chi connectivity index (χ0v) is 27.4. The molecular weight excluding hydrogens is 634 g/mol. The highest BCUT2D eigenvalue weighted by molar-refractivity contribution is 7.99. The molecule has 0 saturated carbocycles. The highest BCUT2D eigenvalue weighted by Crippen LogP contribution is 2.42. The standard InChI is InChI=1S/C33H34F2N4O7S/c1-17-12-22(14-25(34)29(17)35)26-15-39(37-36-26)30-31(44-19(3)41)28(16-43-18(2)40)46-33(32(30)45-20(4)42)47-23-10-11-24-21(13-23)8-7-9-27(24)38(5)6/h7-15,28,30-33H,16H2,1-6H3/t28?,30?,31-,32?,33+/m0/s1. The van der Waals surface area contributed by atoms with Crippen molar-refractivity contribution in [2.24, 2.45) is 0 Å². The van der Waals surface area contributed by atoms with Gasteiger partial charge in [0.15, 0.2) is 23.8 Å².